The van der Waals surface area contributed by atoms with E-state index in [9.17, 15) is 13.6 Å². The van der Waals surface area contributed by atoms with Crippen molar-refractivity contribution in [1.29, 1.82) is 0 Å². The van der Waals surface area contributed by atoms with Gasteiger partial charge in [0.2, 0.25) is 0 Å². The number of halogens is 4. The molecule has 0 bridgehead atoms. The summed E-state index contributed by atoms with van der Waals surface area (Å²) in [7, 11) is 2.01. The van der Waals surface area contributed by atoms with Gasteiger partial charge in [0.05, 0.1) is 16.4 Å². The SMILES string of the molecule is CN1CCN(c2c(NC(=O)c3ccn(CC(F)F)n3)ccc(Oc3ccccc3Cl)c2Cl)C[C@@H]1CN. The molecule has 3 aromatic rings. The second kappa shape index (κ2) is 11.4. The van der Waals surface area contributed by atoms with Gasteiger partial charge in [-0.3, -0.25) is 14.4 Å². The van der Waals surface area contributed by atoms with Crippen LogP contribution in [0, 0.1) is 0 Å². The van der Waals surface area contributed by atoms with E-state index in [0.29, 0.717) is 47.5 Å². The summed E-state index contributed by atoms with van der Waals surface area (Å²) in [4.78, 5) is 17.2. The molecule has 8 nitrogen and oxygen atoms in total. The van der Waals surface area contributed by atoms with Crippen molar-refractivity contribution in [2.24, 2.45) is 5.73 Å². The Hall–Kier alpha value is -2.92. The number of anilines is 2. The van der Waals surface area contributed by atoms with E-state index < -0.39 is 18.9 Å². The number of alkyl halides is 2. The lowest BCUT2D eigenvalue weighted by atomic mass is 10.1. The van der Waals surface area contributed by atoms with Gasteiger partial charge in [0, 0.05) is 38.4 Å². The molecule has 1 aliphatic heterocycles. The first kappa shape index (κ1) is 26.2. The van der Waals surface area contributed by atoms with Gasteiger partial charge in [0.15, 0.2) is 5.69 Å². The van der Waals surface area contributed by atoms with Gasteiger partial charge in [0.25, 0.3) is 12.3 Å². The van der Waals surface area contributed by atoms with Gasteiger partial charge in [-0.2, -0.15) is 5.10 Å². The molecule has 1 fully saturated rings. The van der Waals surface area contributed by atoms with Crippen molar-refractivity contribution in [1.82, 2.24) is 14.7 Å². The second-order valence-electron chi connectivity index (χ2n) is 8.39. The smallest absolute Gasteiger partial charge is 0.276 e. The zero-order chi connectivity index (χ0) is 25.8. The standard InChI is InChI=1S/C24H26Cl2F2N6O2/c1-32-10-11-33(13-15(32)12-29)23-17(30-24(35)18-8-9-34(31-18)14-21(27)28)6-7-20(22(23)26)36-19-5-3-2-4-16(19)25/h2-9,15,21H,10-14,29H2,1H3,(H,30,35)/t15-/m0/s1. The van der Waals surface area contributed by atoms with Crippen LogP contribution in [-0.4, -0.2) is 66.3 Å². The highest BCUT2D eigenvalue weighted by Crippen LogP contribution is 2.44. The number of carbonyl (C=O) groups is 1. The Labute approximate surface area is 217 Å². The fourth-order valence-corrected chi connectivity index (χ4v) is 4.49. The van der Waals surface area contributed by atoms with E-state index in [1.165, 1.54) is 12.3 Å². The van der Waals surface area contributed by atoms with Gasteiger partial charge in [-0.05, 0) is 37.4 Å². The molecule has 4 rings (SSSR count). The summed E-state index contributed by atoms with van der Waals surface area (Å²) in [5.74, 6) is 0.249. The van der Waals surface area contributed by atoms with E-state index in [2.05, 4.69) is 15.3 Å². The minimum atomic E-state index is -2.58. The number of para-hydroxylation sites is 1. The highest BCUT2D eigenvalue weighted by molar-refractivity contribution is 6.36. The Balaban J connectivity index is 1.67. The lowest BCUT2D eigenvalue weighted by molar-refractivity contribution is 0.101. The predicted molar refractivity (Wildman–Crippen MR) is 137 cm³/mol. The molecular formula is C24H26Cl2F2N6O2. The van der Waals surface area contributed by atoms with Crippen LogP contribution < -0.4 is 20.7 Å². The number of aromatic nitrogens is 2. The van der Waals surface area contributed by atoms with Crippen LogP contribution in [0.3, 0.4) is 0 Å². The van der Waals surface area contributed by atoms with Crippen LogP contribution in [0.25, 0.3) is 0 Å². The molecule has 0 saturated carbocycles. The van der Waals surface area contributed by atoms with Gasteiger partial charge in [-0.25, -0.2) is 8.78 Å². The van der Waals surface area contributed by atoms with Gasteiger partial charge in [-0.15, -0.1) is 0 Å². The summed E-state index contributed by atoms with van der Waals surface area (Å²) in [5.41, 5.74) is 6.98. The summed E-state index contributed by atoms with van der Waals surface area (Å²) >= 11 is 13.1. The highest BCUT2D eigenvalue weighted by atomic mass is 35.5. The number of benzene rings is 2. The Morgan fingerprint density at radius 1 is 1.19 bits per heavy atom. The van der Waals surface area contributed by atoms with Crippen LogP contribution in [0.1, 0.15) is 10.5 Å². The number of hydrogen-bond donors (Lipinski definition) is 2. The number of ether oxygens (including phenoxy) is 1. The average molecular weight is 539 g/mol. The molecule has 3 N–H and O–H groups in total. The number of hydrogen-bond acceptors (Lipinski definition) is 6. The molecule has 0 aliphatic carbocycles. The van der Waals surface area contributed by atoms with Crippen molar-refractivity contribution in [3.05, 3.63) is 64.4 Å². The first-order valence-corrected chi connectivity index (χ1v) is 12.1. The first-order valence-electron chi connectivity index (χ1n) is 11.3. The van der Waals surface area contributed by atoms with E-state index in [1.54, 1.807) is 36.4 Å². The van der Waals surface area contributed by atoms with Crippen molar-refractivity contribution >= 4 is 40.5 Å². The Kier molecular flexibility index (Phi) is 8.30. The van der Waals surface area contributed by atoms with Crippen molar-refractivity contribution in [3.63, 3.8) is 0 Å². The molecule has 1 aliphatic rings. The number of nitrogens with two attached hydrogens (primary N) is 1. The number of nitrogens with zero attached hydrogens (tertiary/aromatic N) is 4. The Morgan fingerprint density at radius 3 is 2.69 bits per heavy atom. The Bertz CT molecular complexity index is 1230. The fraction of sp³-hybridized carbons (Fsp3) is 0.333. The third kappa shape index (κ3) is 5.89. The van der Waals surface area contributed by atoms with Crippen LogP contribution in [-0.2, 0) is 6.54 Å². The van der Waals surface area contributed by atoms with E-state index in [-0.39, 0.29) is 16.8 Å². The van der Waals surface area contributed by atoms with Crippen LogP contribution >= 0.6 is 23.2 Å². The third-order valence-electron chi connectivity index (χ3n) is 5.95. The normalized spacial score (nSPS) is 16.4. The summed E-state index contributed by atoms with van der Waals surface area (Å²) in [6.45, 7) is 1.80. The number of likely N-dealkylation sites (N-methyl/N-ethyl adjacent to an activating group) is 1. The maximum atomic E-state index is 12.9. The van der Waals surface area contributed by atoms with Gasteiger partial charge < -0.3 is 20.7 Å². The summed E-state index contributed by atoms with van der Waals surface area (Å²) < 4.78 is 32.4. The average Bonchev–Trinajstić information content (AvgIpc) is 3.31. The molecule has 1 amide bonds. The molecule has 0 unspecified atom stereocenters. The van der Waals surface area contributed by atoms with Crippen LogP contribution in [0.5, 0.6) is 11.5 Å². The van der Waals surface area contributed by atoms with E-state index in [0.717, 1.165) is 11.2 Å². The van der Waals surface area contributed by atoms with Gasteiger partial charge in [-0.1, -0.05) is 35.3 Å². The van der Waals surface area contributed by atoms with Crippen molar-refractivity contribution in [2.75, 3.05) is 43.4 Å². The molecule has 1 saturated heterocycles. The third-order valence-corrected chi connectivity index (χ3v) is 6.63. The van der Waals surface area contributed by atoms with Gasteiger partial charge >= 0.3 is 0 Å². The maximum Gasteiger partial charge on any atom is 0.276 e. The molecular weight excluding hydrogens is 513 g/mol. The van der Waals surface area contributed by atoms with Crippen molar-refractivity contribution < 1.29 is 18.3 Å². The quantitative estimate of drug-likeness (QED) is 0.436. The van der Waals surface area contributed by atoms with Crippen LogP contribution in [0.4, 0.5) is 20.2 Å². The first-order chi connectivity index (χ1) is 17.3. The maximum absolute atomic E-state index is 12.9. The molecule has 2 aromatic carbocycles. The predicted octanol–water partition coefficient (Wildman–Crippen LogP) is 4.58. The minimum Gasteiger partial charge on any atom is -0.454 e. The highest BCUT2D eigenvalue weighted by Gasteiger charge is 2.28. The van der Waals surface area contributed by atoms with Gasteiger partial charge in [0.1, 0.15) is 23.1 Å². The van der Waals surface area contributed by atoms with Crippen LogP contribution in [0.2, 0.25) is 10.0 Å². The minimum absolute atomic E-state index is 0.00679. The zero-order valence-electron chi connectivity index (χ0n) is 19.5. The lowest BCUT2D eigenvalue weighted by Gasteiger charge is -2.41. The number of piperazine rings is 1. The lowest BCUT2D eigenvalue weighted by Crippen LogP contribution is -2.54. The molecule has 12 heteroatoms. The van der Waals surface area contributed by atoms with Crippen molar-refractivity contribution in [3.8, 4) is 11.5 Å². The molecule has 1 aromatic heterocycles. The number of rotatable bonds is 8. The number of amides is 1. The molecule has 36 heavy (non-hydrogen) atoms. The summed E-state index contributed by atoms with van der Waals surface area (Å²) in [6.07, 6.45) is -1.24. The molecule has 0 spiro atoms. The van der Waals surface area contributed by atoms with E-state index in [1.807, 2.05) is 11.9 Å². The molecule has 0 radical (unpaired) electrons. The molecule has 2 heterocycles. The van der Waals surface area contributed by atoms with E-state index >= 15 is 0 Å². The topological polar surface area (TPSA) is 88.6 Å². The molecule has 1 atom stereocenters. The Morgan fingerprint density at radius 2 is 1.97 bits per heavy atom. The number of carbonyl (C=O) groups excluding carboxylic acids is 1. The summed E-state index contributed by atoms with van der Waals surface area (Å²) in [6, 6.07) is 11.8. The second-order valence-corrected chi connectivity index (χ2v) is 9.18. The monoisotopic (exact) mass is 538 g/mol. The molecule has 192 valence electrons. The number of nitrogens with one attached hydrogen (secondary N) is 1. The largest absolute Gasteiger partial charge is 0.454 e. The van der Waals surface area contributed by atoms with E-state index in [4.69, 9.17) is 33.7 Å². The zero-order valence-corrected chi connectivity index (χ0v) is 21.0. The summed E-state index contributed by atoms with van der Waals surface area (Å²) in [5, 5.41) is 7.48. The van der Waals surface area contributed by atoms with Crippen LogP contribution in [0.15, 0.2) is 48.7 Å². The fourth-order valence-electron chi connectivity index (χ4n) is 4.00. The van der Waals surface area contributed by atoms with Crippen molar-refractivity contribution in [2.45, 2.75) is 19.0 Å².